The van der Waals surface area contributed by atoms with E-state index in [1.54, 1.807) is 49.4 Å². The number of thiazole rings is 1. The van der Waals surface area contributed by atoms with E-state index in [1.165, 1.54) is 22.3 Å². The number of ketones is 1. The average Bonchev–Trinajstić information content (AvgIpc) is 3.62. The van der Waals surface area contributed by atoms with Gasteiger partial charge >= 0.3 is 0 Å². The van der Waals surface area contributed by atoms with Gasteiger partial charge in [-0.05, 0) is 61.0 Å². The van der Waals surface area contributed by atoms with Crippen molar-refractivity contribution < 1.29 is 23.8 Å². The Hall–Kier alpha value is -4.40. The van der Waals surface area contributed by atoms with E-state index in [1.807, 2.05) is 36.4 Å². The minimum atomic E-state index is -0.953. The van der Waals surface area contributed by atoms with Gasteiger partial charge in [0, 0.05) is 0 Å². The molecular formula is C29H19ClN2O5S. The van der Waals surface area contributed by atoms with Gasteiger partial charge in [0.1, 0.15) is 22.8 Å². The molecule has 0 radical (unpaired) electrons. The molecule has 0 aliphatic carbocycles. The predicted molar refractivity (Wildman–Crippen MR) is 145 cm³/mol. The summed E-state index contributed by atoms with van der Waals surface area (Å²) in [6.07, 6.45) is 0. The summed E-state index contributed by atoms with van der Waals surface area (Å²) >= 11 is 7.59. The first-order chi connectivity index (χ1) is 18.4. The van der Waals surface area contributed by atoms with Crippen LogP contribution in [0.4, 0.5) is 5.13 Å². The fraction of sp³-hybridized carbons (Fsp3) is 0.0690. The van der Waals surface area contributed by atoms with Crippen LogP contribution in [0.5, 0.6) is 11.5 Å². The molecule has 1 aliphatic heterocycles. The van der Waals surface area contributed by atoms with Crippen molar-refractivity contribution in [1.29, 1.82) is 0 Å². The normalized spacial score (nSPS) is 15.5. The van der Waals surface area contributed by atoms with Gasteiger partial charge in [0.05, 0.1) is 21.3 Å². The van der Waals surface area contributed by atoms with E-state index in [0.29, 0.717) is 38.5 Å². The molecule has 5 aromatic rings. The van der Waals surface area contributed by atoms with E-state index in [4.69, 9.17) is 20.8 Å². The van der Waals surface area contributed by atoms with E-state index >= 15 is 0 Å². The quantitative estimate of drug-likeness (QED) is 0.224. The maximum Gasteiger partial charge on any atom is 0.296 e. The minimum absolute atomic E-state index is 0.0278. The molecule has 0 bridgehead atoms. The number of aliphatic hydroxyl groups is 1. The van der Waals surface area contributed by atoms with E-state index < -0.39 is 23.5 Å². The zero-order valence-electron chi connectivity index (χ0n) is 19.9. The third kappa shape index (κ3) is 4.13. The number of carbonyl (C=O) groups is 2. The third-order valence-electron chi connectivity index (χ3n) is 6.16. The van der Waals surface area contributed by atoms with Gasteiger partial charge in [-0.15, -0.1) is 0 Å². The molecule has 1 N–H and O–H groups in total. The molecule has 0 fully saturated rings. The second-order valence-corrected chi connectivity index (χ2v) is 10.1. The lowest BCUT2D eigenvalue weighted by molar-refractivity contribution is -0.117. The molecule has 3 heterocycles. The number of aryl methyl sites for hydroxylation is 1. The Labute approximate surface area is 226 Å². The molecule has 1 atom stereocenters. The standard InChI is InChI=1S/C29H19ClN2O5S/c1-16-10-15-21(36-16)26(33)23-25(17-11-13-19(14-12-17)37-18-6-3-2-4-7-18)32(28(35)27(23)34)29-31-24-20(30)8-5-9-22(24)38-29/h2-15,25,34H,1H3. The lowest BCUT2D eigenvalue weighted by Crippen LogP contribution is -2.30. The number of anilines is 1. The van der Waals surface area contributed by atoms with Crippen molar-refractivity contribution in [3.05, 3.63) is 118 Å². The molecule has 1 unspecified atom stereocenters. The first-order valence-electron chi connectivity index (χ1n) is 11.7. The number of hydrogen-bond acceptors (Lipinski definition) is 7. The largest absolute Gasteiger partial charge is 0.503 e. The zero-order valence-corrected chi connectivity index (χ0v) is 21.5. The number of aromatic nitrogens is 1. The van der Waals surface area contributed by atoms with Crippen molar-refractivity contribution in [2.24, 2.45) is 0 Å². The van der Waals surface area contributed by atoms with E-state index in [-0.39, 0.29) is 11.3 Å². The summed E-state index contributed by atoms with van der Waals surface area (Å²) in [7, 11) is 0. The zero-order chi connectivity index (χ0) is 26.4. The van der Waals surface area contributed by atoms with Crippen LogP contribution in [0.1, 0.15) is 27.9 Å². The summed E-state index contributed by atoms with van der Waals surface area (Å²) in [6, 6.07) is 23.9. The highest BCUT2D eigenvalue weighted by molar-refractivity contribution is 7.22. The van der Waals surface area contributed by atoms with Crippen LogP contribution in [0.2, 0.25) is 5.02 Å². The number of ether oxygens (including phenoxy) is 1. The van der Waals surface area contributed by atoms with Crippen LogP contribution in [0.25, 0.3) is 10.2 Å². The monoisotopic (exact) mass is 542 g/mol. The molecule has 9 heteroatoms. The predicted octanol–water partition coefficient (Wildman–Crippen LogP) is 7.43. The first kappa shape index (κ1) is 24.0. The van der Waals surface area contributed by atoms with E-state index in [2.05, 4.69) is 4.98 Å². The summed E-state index contributed by atoms with van der Waals surface area (Å²) in [6.45, 7) is 1.71. The smallest absolute Gasteiger partial charge is 0.296 e. The summed E-state index contributed by atoms with van der Waals surface area (Å²) in [5.74, 6) is -0.156. The van der Waals surface area contributed by atoms with Crippen LogP contribution in [0.15, 0.2) is 101 Å². The topological polar surface area (TPSA) is 92.9 Å². The van der Waals surface area contributed by atoms with Crippen LogP contribution in [0.3, 0.4) is 0 Å². The van der Waals surface area contributed by atoms with Gasteiger partial charge in [0.25, 0.3) is 5.91 Å². The van der Waals surface area contributed by atoms with Crippen molar-refractivity contribution >= 4 is 50.0 Å². The highest BCUT2D eigenvalue weighted by Gasteiger charge is 2.46. The molecule has 7 nitrogen and oxygen atoms in total. The molecule has 0 saturated heterocycles. The van der Waals surface area contributed by atoms with Gasteiger partial charge in [-0.2, -0.15) is 0 Å². The van der Waals surface area contributed by atoms with Crippen LogP contribution in [-0.4, -0.2) is 21.8 Å². The summed E-state index contributed by atoms with van der Waals surface area (Å²) < 4.78 is 12.2. The second-order valence-electron chi connectivity index (χ2n) is 8.65. The molecule has 6 rings (SSSR count). The van der Waals surface area contributed by atoms with Gasteiger partial charge < -0.3 is 14.3 Å². The van der Waals surface area contributed by atoms with Gasteiger partial charge in [-0.3, -0.25) is 14.5 Å². The Kier molecular flexibility index (Phi) is 5.98. The van der Waals surface area contributed by atoms with E-state index in [0.717, 1.165) is 4.70 Å². The minimum Gasteiger partial charge on any atom is -0.503 e. The van der Waals surface area contributed by atoms with Crippen LogP contribution < -0.4 is 9.64 Å². The van der Waals surface area contributed by atoms with Crippen LogP contribution in [-0.2, 0) is 4.79 Å². The number of Topliss-reactive ketones (excluding diaryl/α,β-unsaturated/α-hetero) is 1. The van der Waals surface area contributed by atoms with Gasteiger partial charge in [-0.25, -0.2) is 4.98 Å². The van der Waals surface area contributed by atoms with Gasteiger partial charge in [0.15, 0.2) is 16.7 Å². The molecule has 38 heavy (non-hydrogen) atoms. The second kappa shape index (κ2) is 9.48. The number of carbonyl (C=O) groups excluding carboxylic acids is 2. The number of hydrogen-bond donors (Lipinski definition) is 1. The SMILES string of the molecule is Cc1ccc(C(=O)C2=C(O)C(=O)N(c3nc4c(Cl)cccc4s3)C2c2ccc(Oc3ccccc3)cc2)o1. The highest BCUT2D eigenvalue weighted by Crippen LogP contribution is 2.45. The molecule has 188 valence electrons. The summed E-state index contributed by atoms with van der Waals surface area (Å²) in [4.78, 5) is 32.9. The van der Waals surface area contributed by atoms with E-state index in [9.17, 15) is 14.7 Å². The third-order valence-corrected chi connectivity index (χ3v) is 7.48. The maximum atomic E-state index is 13.6. The Balaban J connectivity index is 1.45. The number of nitrogens with zero attached hydrogens (tertiary/aromatic N) is 2. The first-order valence-corrected chi connectivity index (χ1v) is 12.9. The van der Waals surface area contributed by atoms with Gasteiger partial charge in [0.2, 0.25) is 5.78 Å². The van der Waals surface area contributed by atoms with Crippen molar-refractivity contribution in [2.75, 3.05) is 4.90 Å². The number of benzene rings is 3. The van der Waals surface area contributed by atoms with Crippen molar-refractivity contribution in [2.45, 2.75) is 13.0 Å². The molecule has 0 spiro atoms. The average molecular weight is 543 g/mol. The van der Waals surface area contributed by atoms with Crippen molar-refractivity contribution in [1.82, 2.24) is 4.98 Å². The number of aliphatic hydroxyl groups excluding tert-OH is 1. The Morgan fingerprint density at radius 3 is 2.42 bits per heavy atom. The molecule has 0 saturated carbocycles. The molecule has 3 aromatic carbocycles. The summed E-state index contributed by atoms with van der Waals surface area (Å²) in [5.41, 5.74) is 1.03. The van der Waals surface area contributed by atoms with Crippen LogP contribution in [0, 0.1) is 6.92 Å². The maximum absolute atomic E-state index is 13.6. The highest BCUT2D eigenvalue weighted by atomic mass is 35.5. The molecule has 1 amide bonds. The lowest BCUT2D eigenvalue weighted by atomic mass is 9.95. The van der Waals surface area contributed by atoms with Crippen LogP contribution >= 0.6 is 22.9 Å². The van der Waals surface area contributed by atoms with Gasteiger partial charge in [-0.1, -0.05) is 59.3 Å². The lowest BCUT2D eigenvalue weighted by Gasteiger charge is -2.24. The molecular weight excluding hydrogens is 524 g/mol. The number of amides is 1. The number of para-hydroxylation sites is 2. The summed E-state index contributed by atoms with van der Waals surface area (Å²) in [5, 5.41) is 11.7. The Morgan fingerprint density at radius 1 is 1.00 bits per heavy atom. The Bertz CT molecular complexity index is 1720. The number of halogens is 1. The van der Waals surface area contributed by atoms with Crippen molar-refractivity contribution in [3.63, 3.8) is 0 Å². The number of fused-ring (bicyclic) bond motifs is 1. The Morgan fingerprint density at radius 2 is 1.74 bits per heavy atom. The van der Waals surface area contributed by atoms with Crippen molar-refractivity contribution in [3.8, 4) is 11.5 Å². The molecule has 1 aliphatic rings. The number of furan rings is 1. The fourth-order valence-electron chi connectivity index (χ4n) is 4.39. The number of rotatable bonds is 6. The molecule has 2 aromatic heterocycles. The fourth-order valence-corrected chi connectivity index (χ4v) is 5.68.